The number of carboxylic acid groups (broad SMARTS) is 1. The molecule has 3 aromatic heterocycles. The van der Waals surface area contributed by atoms with Gasteiger partial charge in [0.05, 0.1) is 74.3 Å². The lowest BCUT2D eigenvalue weighted by atomic mass is 10.0. The van der Waals surface area contributed by atoms with Crippen molar-refractivity contribution in [1.82, 2.24) is 30.9 Å². The number of nitrogens with one attached hydrogen (secondary N) is 5. The molecule has 0 saturated heterocycles. The summed E-state index contributed by atoms with van der Waals surface area (Å²) in [5, 5.41) is 41.6. The molecule has 598 valence electrons. The molecule has 0 bridgehead atoms. The van der Waals surface area contributed by atoms with Crippen LogP contribution in [0.15, 0.2) is 182 Å². The number of phenolic OH excluding ortho intramolecular Hbond substituents is 1. The molecular weight excluding hydrogens is 1580 g/mol. The Bertz CT molecular complexity index is 4650. The number of aromatic nitrogens is 3. The van der Waals surface area contributed by atoms with Gasteiger partial charge in [-0.2, -0.15) is 0 Å². The van der Waals surface area contributed by atoms with Gasteiger partial charge in [-0.25, -0.2) is 38.9 Å². The minimum absolute atomic E-state index is 0.0306. The summed E-state index contributed by atoms with van der Waals surface area (Å²) in [5.74, 6) is -1.53. The maximum Gasteiger partial charge on any atom is 0.413 e. The molecule has 10 N–H and O–H groups in total. The van der Waals surface area contributed by atoms with Crippen LogP contribution < -0.4 is 41.8 Å². The number of rotatable bonds is 27. The zero-order valence-electron chi connectivity index (χ0n) is 62.7. The van der Waals surface area contributed by atoms with Gasteiger partial charge < -0.3 is 65.4 Å². The third-order valence-corrected chi connectivity index (χ3v) is 17.1. The molecule has 0 aliphatic rings. The van der Waals surface area contributed by atoms with Crippen molar-refractivity contribution < 1.29 is 82.1 Å². The first-order valence-corrected chi connectivity index (χ1v) is 37.0. The van der Waals surface area contributed by atoms with Crippen LogP contribution in [0.3, 0.4) is 0 Å². The van der Waals surface area contributed by atoms with Gasteiger partial charge in [0.2, 0.25) is 0 Å². The Morgan fingerprint density at radius 1 is 0.425 bits per heavy atom. The Labute approximate surface area is 683 Å². The molecule has 9 aromatic rings. The van der Waals surface area contributed by atoms with Crippen LogP contribution in [0.1, 0.15) is 106 Å². The number of phenols is 1. The number of halogens is 6. The number of aliphatic hydroxyl groups is 1. The number of esters is 2. The third-order valence-electron chi connectivity index (χ3n) is 15.2. The van der Waals surface area contributed by atoms with Crippen LogP contribution in [0.5, 0.6) is 17.2 Å². The van der Waals surface area contributed by atoms with E-state index in [1.54, 1.807) is 169 Å². The molecule has 0 spiro atoms. The number of aromatic hydroxyl groups is 1. The molecule has 32 heteroatoms. The Balaban J connectivity index is 0.000000245. The first kappa shape index (κ1) is 90.9. The molecule has 0 unspecified atom stereocenters. The topological polar surface area (TPSA) is 377 Å². The third kappa shape index (κ3) is 32.0. The lowest BCUT2D eigenvalue weighted by Crippen LogP contribution is -2.43. The van der Waals surface area contributed by atoms with Crippen LogP contribution in [0, 0.1) is 0 Å². The average Bonchev–Trinajstić information content (AvgIpc) is 0.838. The van der Waals surface area contributed by atoms with Crippen molar-refractivity contribution >= 4 is 135 Å². The lowest BCUT2D eigenvalue weighted by Gasteiger charge is -2.19. The first-order chi connectivity index (χ1) is 53.6. The number of nitrogen functional groups attached to an aromatic ring is 1. The molecule has 0 aliphatic heterocycles. The molecular formula is C81H85Cl6N9O17. The highest BCUT2D eigenvalue weighted by Gasteiger charge is 2.29. The summed E-state index contributed by atoms with van der Waals surface area (Å²) in [6, 6.07) is 47.4. The second-order valence-corrected chi connectivity index (χ2v) is 28.8. The summed E-state index contributed by atoms with van der Waals surface area (Å²) in [6.45, 7) is 11.5. The van der Waals surface area contributed by atoms with Gasteiger partial charge in [0.25, 0.3) is 17.7 Å². The van der Waals surface area contributed by atoms with Gasteiger partial charge in [-0.3, -0.25) is 25.0 Å². The number of hydrogen-bond donors (Lipinski definition) is 9. The van der Waals surface area contributed by atoms with Gasteiger partial charge >= 0.3 is 30.1 Å². The van der Waals surface area contributed by atoms with Crippen LogP contribution in [-0.4, -0.2) is 141 Å². The molecule has 26 nitrogen and oxygen atoms in total. The SMILES string of the molecule is CC(C)(C)OC(=O)Nc1cccc(CCO)n1.COC(=O)[C@H](Cc1ccc(O)cc1)NC(=O)c1c(Cl)cccc1Cl.COC(=O)[C@H](Cc1ccc(OCCc2cccc(NC(=O)OC(C)(C)C)n2)cc1)NC(=O)c1c(Cl)cccc1Cl.Nc1cccc(CCOc2ccc(C[C@H](NC(=O)c3c(Cl)cccc3Cl)C(=O)O)cc2)n1. The monoisotopic (exact) mass is 1670 g/mol. The molecule has 3 heterocycles. The maximum atomic E-state index is 12.8. The number of carboxylic acids is 1. The van der Waals surface area contributed by atoms with E-state index in [1.807, 2.05) is 18.2 Å². The summed E-state index contributed by atoms with van der Waals surface area (Å²) in [6.07, 6.45) is 0.918. The van der Waals surface area contributed by atoms with E-state index in [-0.39, 0.29) is 78.4 Å². The number of amides is 5. The number of benzene rings is 6. The lowest BCUT2D eigenvalue weighted by molar-refractivity contribution is -0.143. The van der Waals surface area contributed by atoms with E-state index in [0.717, 1.165) is 28.2 Å². The zero-order valence-corrected chi connectivity index (χ0v) is 67.2. The zero-order chi connectivity index (χ0) is 83.0. The van der Waals surface area contributed by atoms with Gasteiger partial charge in [0.1, 0.15) is 64.0 Å². The maximum absolute atomic E-state index is 12.8. The van der Waals surface area contributed by atoms with Crippen molar-refractivity contribution in [3.05, 3.63) is 263 Å². The van der Waals surface area contributed by atoms with Crippen LogP contribution in [0.2, 0.25) is 30.1 Å². The number of nitrogens with two attached hydrogens (primary N) is 1. The Hall–Kier alpha value is -11.0. The molecule has 3 atom stereocenters. The fourth-order valence-corrected chi connectivity index (χ4v) is 11.7. The molecule has 9 rings (SSSR count). The number of carbonyl (C=O) groups excluding carboxylic acids is 7. The Morgan fingerprint density at radius 2 is 0.735 bits per heavy atom. The molecule has 0 aliphatic carbocycles. The summed E-state index contributed by atoms with van der Waals surface area (Å²) in [4.78, 5) is 110. The van der Waals surface area contributed by atoms with E-state index in [2.05, 4.69) is 41.5 Å². The minimum atomic E-state index is -1.17. The fourth-order valence-electron chi connectivity index (χ4n) is 9.98. The van der Waals surface area contributed by atoms with Crippen molar-refractivity contribution in [1.29, 1.82) is 0 Å². The largest absolute Gasteiger partial charge is 0.508 e. The summed E-state index contributed by atoms with van der Waals surface area (Å²) in [7, 11) is 2.49. The highest BCUT2D eigenvalue weighted by Crippen LogP contribution is 2.28. The number of hydrogen-bond acceptors (Lipinski definition) is 20. The van der Waals surface area contributed by atoms with Crippen LogP contribution in [0.4, 0.5) is 27.0 Å². The average molecular weight is 1670 g/mol. The van der Waals surface area contributed by atoms with Gasteiger partial charge in [-0.05, 0) is 167 Å². The van der Waals surface area contributed by atoms with Crippen molar-refractivity contribution in [2.75, 3.05) is 50.4 Å². The van der Waals surface area contributed by atoms with E-state index < -0.39 is 77.1 Å². The minimum Gasteiger partial charge on any atom is -0.508 e. The van der Waals surface area contributed by atoms with E-state index in [1.165, 1.54) is 50.6 Å². The molecule has 113 heavy (non-hydrogen) atoms. The highest BCUT2D eigenvalue weighted by molar-refractivity contribution is 6.41. The van der Waals surface area contributed by atoms with Crippen LogP contribution in [-0.2, 0) is 71.9 Å². The molecule has 0 fully saturated rings. The Morgan fingerprint density at radius 3 is 1.06 bits per heavy atom. The quantitative estimate of drug-likeness (QED) is 0.0170. The van der Waals surface area contributed by atoms with Crippen molar-refractivity contribution in [2.45, 2.75) is 109 Å². The Kier molecular flexibility index (Phi) is 36.1. The van der Waals surface area contributed by atoms with Gasteiger partial charge in [0.15, 0.2) is 0 Å². The summed E-state index contributed by atoms with van der Waals surface area (Å²) < 4.78 is 31.5. The van der Waals surface area contributed by atoms with Crippen molar-refractivity contribution in [2.24, 2.45) is 0 Å². The van der Waals surface area contributed by atoms with Gasteiger partial charge in [-0.15, -0.1) is 0 Å². The normalized spacial score (nSPS) is 11.6. The number of nitrogens with zero attached hydrogens (tertiary/aromatic N) is 3. The highest BCUT2D eigenvalue weighted by atomic mass is 35.5. The molecule has 5 amide bonds. The second kappa shape index (κ2) is 44.9. The predicted octanol–water partition coefficient (Wildman–Crippen LogP) is 15.1. The summed E-state index contributed by atoms with van der Waals surface area (Å²) >= 11 is 36.3. The van der Waals surface area contributed by atoms with E-state index in [9.17, 15) is 48.6 Å². The van der Waals surface area contributed by atoms with Crippen LogP contribution >= 0.6 is 69.6 Å². The first-order valence-electron chi connectivity index (χ1n) is 34.7. The van der Waals surface area contributed by atoms with E-state index in [4.69, 9.17) is 109 Å². The predicted molar refractivity (Wildman–Crippen MR) is 433 cm³/mol. The standard InChI is InChI=1S/C29H31Cl2N3O6.C23H21Cl2N3O4.C17H15Cl2NO4.C12H18N2O3/c1-29(2,3)40-28(37)34-24-10-5-7-19(32-24)15-16-39-20-13-11-18(12-14-20)17-23(27(36)38-4)33-26(35)25-21(30)8-6-9-22(25)31;24-17-4-2-5-18(25)21(17)22(29)28-19(23(30)31)13-14-7-9-16(10-8-14)32-12-11-15-3-1-6-20(26)27-15;1-24-17(23)14(9-10-5-7-11(21)8-6-10)20-16(22)15-12(18)3-2-4-13(15)19;1-12(2,3)17-11(16)14-10-6-4-5-9(13-10)7-8-15/h5-14,23H,15-17H2,1-4H3,(H,33,35)(H,32,34,37);1-10,19H,11-13H2,(H2,26,27)(H,28,29)(H,30,31);2-8,14,21H,9H2,1H3,(H,20,22);4-6,15H,7-8H2,1-3H3,(H,13,14,16)/t23-;19-;14-;/m000./s1. The number of methoxy groups -OCH3 is 2. The van der Waals surface area contributed by atoms with E-state index >= 15 is 0 Å². The number of ether oxygens (including phenoxy) is 6. The molecule has 0 radical (unpaired) electrons. The summed E-state index contributed by atoms with van der Waals surface area (Å²) in [5.41, 5.74) is 9.28. The number of carbonyl (C=O) groups is 8. The second-order valence-electron chi connectivity index (χ2n) is 26.3. The molecule has 0 saturated carbocycles. The smallest absolute Gasteiger partial charge is 0.413 e. The van der Waals surface area contributed by atoms with Gasteiger partial charge in [0, 0.05) is 62.2 Å². The van der Waals surface area contributed by atoms with E-state index in [0.29, 0.717) is 67.0 Å². The number of aliphatic carboxylic acids is 1. The number of anilines is 3. The van der Waals surface area contributed by atoms with Crippen molar-refractivity contribution in [3.8, 4) is 17.2 Å². The molecule has 6 aromatic carbocycles. The van der Waals surface area contributed by atoms with Crippen molar-refractivity contribution in [3.63, 3.8) is 0 Å². The number of aliphatic hydroxyl groups excluding tert-OH is 1. The number of pyridine rings is 3. The van der Waals surface area contributed by atoms with Crippen LogP contribution in [0.25, 0.3) is 0 Å². The van der Waals surface area contributed by atoms with Gasteiger partial charge in [-0.1, -0.05) is 142 Å². The fraction of sp³-hybridized carbons (Fsp3) is 0.272.